The third kappa shape index (κ3) is 3.94. The molecule has 0 saturated carbocycles. The van der Waals surface area contributed by atoms with E-state index in [-0.39, 0.29) is 5.41 Å². The summed E-state index contributed by atoms with van der Waals surface area (Å²) in [6.07, 6.45) is 5.66. The van der Waals surface area contributed by atoms with E-state index in [1.807, 2.05) is 18.7 Å². The summed E-state index contributed by atoms with van der Waals surface area (Å²) in [5.74, 6) is 0. The maximum absolute atomic E-state index is 5.66. The summed E-state index contributed by atoms with van der Waals surface area (Å²) in [7, 11) is 0. The standard InChI is InChI=1S/C12H24N4/c1-10(7-13)15-11(12(2,3)4)8-16-6-5-14-9-16/h5-6,9-11,15H,7-8,13H2,1-4H3. The highest BCUT2D eigenvalue weighted by Gasteiger charge is 2.25. The van der Waals surface area contributed by atoms with Crippen molar-refractivity contribution in [1.82, 2.24) is 14.9 Å². The van der Waals surface area contributed by atoms with Gasteiger partial charge in [-0.3, -0.25) is 0 Å². The van der Waals surface area contributed by atoms with E-state index in [0.29, 0.717) is 18.6 Å². The van der Waals surface area contributed by atoms with Crippen LogP contribution in [0.25, 0.3) is 0 Å². The Morgan fingerprint density at radius 2 is 2.12 bits per heavy atom. The first kappa shape index (κ1) is 13.2. The molecule has 16 heavy (non-hydrogen) atoms. The van der Waals surface area contributed by atoms with Crippen molar-refractivity contribution >= 4 is 0 Å². The summed E-state index contributed by atoms with van der Waals surface area (Å²) in [5.41, 5.74) is 5.86. The van der Waals surface area contributed by atoms with Crippen molar-refractivity contribution in [3.63, 3.8) is 0 Å². The Morgan fingerprint density at radius 1 is 1.44 bits per heavy atom. The third-order valence-corrected chi connectivity index (χ3v) is 2.84. The first-order valence-electron chi connectivity index (χ1n) is 5.85. The Morgan fingerprint density at radius 3 is 2.56 bits per heavy atom. The number of nitrogens with one attached hydrogen (secondary N) is 1. The Balaban J connectivity index is 2.65. The lowest BCUT2D eigenvalue weighted by molar-refractivity contribution is 0.226. The predicted molar refractivity (Wildman–Crippen MR) is 67.1 cm³/mol. The quantitative estimate of drug-likeness (QED) is 0.791. The highest BCUT2D eigenvalue weighted by molar-refractivity contribution is 4.86. The molecule has 0 aromatic carbocycles. The number of aromatic nitrogens is 2. The molecule has 0 aliphatic heterocycles. The molecule has 2 atom stereocenters. The van der Waals surface area contributed by atoms with E-state index in [1.165, 1.54) is 0 Å². The molecular formula is C12H24N4. The van der Waals surface area contributed by atoms with Crippen LogP contribution in [0.5, 0.6) is 0 Å². The molecule has 0 aliphatic carbocycles. The molecule has 2 unspecified atom stereocenters. The van der Waals surface area contributed by atoms with Gasteiger partial charge < -0.3 is 15.6 Å². The van der Waals surface area contributed by atoms with Crippen LogP contribution in [0.1, 0.15) is 27.7 Å². The fraction of sp³-hybridized carbons (Fsp3) is 0.750. The number of nitrogens with two attached hydrogens (primary N) is 1. The molecule has 1 aromatic rings. The molecule has 0 amide bonds. The predicted octanol–water partition coefficient (Wildman–Crippen LogP) is 1.23. The molecular weight excluding hydrogens is 200 g/mol. The molecule has 4 heteroatoms. The Hall–Kier alpha value is -0.870. The average Bonchev–Trinajstić information content (AvgIpc) is 2.67. The van der Waals surface area contributed by atoms with Crippen molar-refractivity contribution in [2.75, 3.05) is 6.54 Å². The molecule has 0 radical (unpaired) electrons. The first-order valence-corrected chi connectivity index (χ1v) is 5.85. The second-order valence-corrected chi connectivity index (χ2v) is 5.48. The normalized spacial score (nSPS) is 16.1. The van der Waals surface area contributed by atoms with Crippen LogP contribution in [0.4, 0.5) is 0 Å². The van der Waals surface area contributed by atoms with Crippen LogP contribution < -0.4 is 11.1 Å². The molecule has 92 valence electrons. The first-order chi connectivity index (χ1) is 7.43. The fourth-order valence-electron chi connectivity index (χ4n) is 1.59. The molecule has 1 aromatic heterocycles. The van der Waals surface area contributed by atoms with Gasteiger partial charge in [-0.1, -0.05) is 20.8 Å². The number of rotatable bonds is 5. The van der Waals surface area contributed by atoms with Crippen molar-refractivity contribution in [2.24, 2.45) is 11.1 Å². The highest BCUT2D eigenvalue weighted by Crippen LogP contribution is 2.21. The molecule has 0 spiro atoms. The van der Waals surface area contributed by atoms with E-state index in [4.69, 9.17) is 5.73 Å². The van der Waals surface area contributed by atoms with Crippen LogP contribution in [0.15, 0.2) is 18.7 Å². The molecule has 1 rings (SSSR count). The number of imidazole rings is 1. The Kier molecular flexibility index (Phi) is 4.50. The molecule has 0 bridgehead atoms. The minimum atomic E-state index is 0.202. The van der Waals surface area contributed by atoms with Crippen molar-refractivity contribution in [2.45, 2.75) is 46.3 Å². The van der Waals surface area contributed by atoms with Gasteiger partial charge in [0.25, 0.3) is 0 Å². The number of nitrogens with zero attached hydrogens (tertiary/aromatic N) is 2. The van der Waals surface area contributed by atoms with Crippen molar-refractivity contribution in [1.29, 1.82) is 0 Å². The summed E-state index contributed by atoms with van der Waals surface area (Å²) in [6.45, 7) is 10.4. The fourth-order valence-corrected chi connectivity index (χ4v) is 1.59. The minimum Gasteiger partial charge on any atom is -0.336 e. The largest absolute Gasteiger partial charge is 0.336 e. The van der Waals surface area contributed by atoms with Gasteiger partial charge >= 0.3 is 0 Å². The van der Waals surface area contributed by atoms with Gasteiger partial charge in [0.1, 0.15) is 0 Å². The smallest absolute Gasteiger partial charge is 0.0946 e. The van der Waals surface area contributed by atoms with Crippen LogP contribution >= 0.6 is 0 Å². The van der Waals surface area contributed by atoms with E-state index in [0.717, 1.165) is 6.54 Å². The van der Waals surface area contributed by atoms with Gasteiger partial charge in [0.15, 0.2) is 0 Å². The van der Waals surface area contributed by atoms with Crippen molar-refractivity contribution in [3.8, 4) is 0 Å². The van der Waals surface area contributed by atoms with Crippen LogP contribution in [0, 0.1) is 5.41 Å². The van der Waals surface area contributed by atoms with Crippen LogP contribution in [-0.4, -0.2) is 28.2 Å². The van der Waals surface area contributed by atoms with Gasteiger partial charge in [0.2, 0.25) is 0 Å². The summed E-state index contributed by atoms with van der Waals surface area (Å²) < 4.78 is 2.10. The van der Waals surface area contributed by atoms with Gasteiger partial charge in [-0.25, -0.2) is 4.98 Å². The summed E-state index contributed by atoms with van der Waals surface area (Å²) in [6, 6.07) is 0.730. The zero-order valence-corrected chi connectivity index (χ0v) is 10.8. The average molecular weight is 224 g/mol. The van der Waals surface area contributed by atoms with E-state index in [9.17, 15) is 0 Å². The molecule has 1 heterocycles. The van der Waals surface area contributed by atoms with Crippen molar-refractivity contribution in [3.05, 3.63) is 18.7 Å². The van der Waals surface area contributed by atoms with Crippen LogP contribution in [-0.2, 0) is 6.54 Å². The molecule has 0 fully saturated rings. The summed E-state index contributed by atoms with van der Waals surface area (Å²) in [4.78, 5) is 4.07. The number of hydrogen-bond donors (Lipinski definition) is 2. The third-order valence-electron chi connectivity index (χ3n) is 2.84. The number of hydrogen-bond acceptors (Lipinski definition) is 3. The lowest BCUT2D eigenvalue weighted by Gasteiger charge is -2.34. The van der Waals surface area contributed by atoms with E-state index in [1.54, 1.807) is 0 Å². The van der Waals surface area contributed by atoms with Crippen LogP contribution in [0.3, 0.4) is 0 Å². The van der Waals surface area contributed by atoms with Crippen molar-refractivity contribution < 1.29 is 0 Å². The van der Waals surface area contributed by atoms with Gasteiger partial charge in [0.05, 0.1) is 6.33 Å². The molecule has 0 saturated heterocycles. The Labute approximate surface area is 98.2 Å². The monoisotopic (exact) mass is 224 g/mol. The van der Waals surface area contributed by atoms with E-state index >= 15 is 0 Å². The minimum absolute atomic E-state index is 0.202. The van der Waals surface area contributed by atoms with Gasteiger partial charge in [-0.2, -0.15) is 0 Å². The summed E-state index contributed by atoms with van der Waals surface area (Å²) >= 11 is 0. The van der Waals surface area contributed by atoms with E-state index < -0.39 is 0 Å². The van der Waals surface area contributed by atoms with Crippen LogP contribution in [0.2, 0.25) is 0 Å². The summed E-state index contributed by atoms with van der Waals surface area (Å²) in [5, 5.41) is 3.57. The SMILES string of the molecule is CC(CN)NC(Cn1ccnc1)C(C)(C)C. The van der Waals surface area contributed by atoms with Gasteiger partial charge in [-0.15, -0.1) is 0 Å². The maximum atomic E-state index is 5.66. The Bertz CT molecular complexity index is 286. The van der Waals surface area contributed by atoms with E-state index in [2.05, 4.69) is 42.6 Å². The highest BCUT2D eigenvalue weighted by atomic mass is 15.1. The molecule has 0 aliphatic rings. The second kappa shape index (κ2) is 5.46. The zero-order valence-electron chi connectivity index (χ0n) is 10.8. The molecule has 4 nitrogen and oxygen atoms in total. The topological polar surface area (TPSA) is 55.9 Å². The lowest BCUT2D eigenvalue weighted by atomic mass is 9.86. The lowest BCUT2D eigenvalue weighted by Crippen LogP contribution is -2.49. The maximum Gasteiger partial charge on any atom is 0.0946 e. The van der Waals surface area contributed by atoms with Gasteiger partial charge in [-0.05, 0) is 12.3 Å². The molecule has 3 N–H and O–H groups in total. The second-order valence-electron chi connectivity index (χ2n) is 5.48. The zero-order chi connectivity index (χ0) is 12.2. The van der Waals surface area contributed by atoms with Gasteiger partial charge in [0, 0.05) is 37.6 Å².